The molecule has 2 fully saturated rings. The summed E-state index contributed by atoms with van der Waals surface area (Å²) in [6.45, 7) is 4.41. The number of carbonyl (C=O) groups excluding carboxylic acids is 1. The average molecular weight is 305 g/mol. The van der Waals surface area contributed by atoms with E-state index in [1.807, 2.05) is 6.08 Å². The van der Waals surface area contributed by atoms with Crippen LogP contribution in [0.15, 0.2) is 12.7 Å². The number of ether oxygens (including phenoxy) is 2. The van der Waals surface area contributed by atoms with Crippen molar-refractivity contribution in [1.82, 2.24) is 0 Å². The first-order valence-corrected chi connectivity index (χ1v) is 8.55. The zero-order valence-corrected chi connectivity index (χ0v) is 13.3. The van der Waals surface area contributed by atoms with Crippen LogP contribution in [0.5, 0.6) is 0 Å². The third-order valence-electron chi connectivity index (χ3n) is 4.82. The first-order valence-electron chi connectivity index (χ1n) is 8.55. The van der Waals surface area contributed by atoms with Gasteiger partial charge in [0.1, 0.15) is 6.10 Å². The first-order chi connectivity index (χ1) is 10.7. The van der Waals surface area contributed by atoms with Crippen LogP contribution in [-0.4, -0.2) is 24.8 Å². The highest BCUT2D eigenvalue weighted by molar-refractivity contribution is 5.72. The van der Waals surface area contributed by atoms with Gasteiger partial charge in [-0.25, -0.2) is 0 Å². The van der Waals surface area contributed by atoms with E-state index in [1.165, 1.54) is 0 Å². The van der Waals surface area contributed by atoms with Crippen molar-refractivity contribution in [1.29, 1.82) is 5.26 Å². The van der Waals surface area contributed by atoms with Gasteiger partial charge in [-0.05, 0) is 57.8 Å². The van der Waals surface area contributed by atoms with Crippen molar-refractivity contribution in [2.75, 3.05) is 6.61 Å². The van der Waals surface area contributed by atoms with Crippen LogP contribution < -0.4 is 0 Å². The van der Waals surface area contributed by atoms with Gasteiger partial charge in [-0.2, -0.15) is 5.26 Å². The fourth-order valence-electron chi connectivity index (χ4n) is 3.35. The van der Waals surface area contributed by atoms with Crippen LogP contribution in [-0.2, 0) is 14.3 Å². The van der Waals surface area contributed by atoms with E-state index in [0.717, 1.165) is 64.4 Å². The average Bonchev–Trinajstić information content (AvgIpc) is 2.56. The lowest BCUT2D eigenvalue weighted by Crippen LogP contribution is -2.31. The minimum absolute atomic E-state index is 0.0265. The Morgan fingerprint density at radius 1 is 1.09 bits per heavy atom. The van der Waals surface area contributed by atoms with E-state index in [1.54, 1.807) is 0 Å². The Bertz CT molecular complexity index is 399. The highest BCUT2D eigenvalue weighted by Crippen LogP contribution is 2.30. The molecule has 0 saturated heterocycles. The van der Waals surface area contributed by atoms with Gasteiger partial charge in [-0.15, -0.1) is 6.58 Å². The standard InChI is InChI=1S/C18H27NO3/c1-2-3-12-21-16-10-6-15(7-11-16)18(20)22-17-8-4-14(13-19)5-9-17/h2,14-17H,1,3-12H2. The molecular weight excluding hydrogens is 278 g/mol. The van der Waals surface area contributed by atoms with Gasteiger partial charge < -0.3 is 9.47 Å². The second kappa shape index (κ2) is 8.95. The summed E-state index contributed by atoms with van der Waals surface area (Å²) in [6.07, 6.45) is 10.1. The monoisotopic (exact) mass is 305 g/mol. The predicted molar refractivity (Wildman–Crippen MR) is 84.0 cm³/mol. The molecule has 0 aromatic heterocycles. The highest BCUT2D eigenvalue weighted by atomic mass is 16.5. The van der Waals surface area contributed by atoms with Gasteiger partial charge >= 0.3 is 5.97 Å². The minimum Gasteiger partial charge on any atom is -0.462 e. The van der Waals surface area contributed by atoms with E-state index in [0.29, 0.717) is 0 Å². The van der Waals surface area contributed by atoms with Crippen LogP contribution in [0.4, 0.5) is 0 Å². The van der Waals surface area contributed by atoms with Crippen LogP contribution in [0.3, 0.4) is 0 Å². The maximum absolute atomic E-state index is 12.2. The van der Waals surface area contributed by atoms with Crippen molar-refractivity contribution in [2.45, 2.75) is 70.0 Å². The smallest absolute Gasteiger partial charge is 0.309 e. The zero-order chi connectivity index (χ0) is 15.8. The molecule has 0 N–H and O–H groups in total. The number of carbonyl (C=O) groups is 1. The van der Waals surface area contributed by atoms with Crippen molar-refractivity contribution < 1.29 is 14.3 Å². The predicted octanol–water partition coefficient (Wildman–Crippen LogP) is 3.76. The van der Waals surface area contributed by atoms with Crippen LogP contribution in [0.1, 0.15) is 57.8 Å². The molecule has 0 radical (unpaired) electrons. The van der Waals surface area contributed by atoms with E-state index in [2.05, 4.69) is 12.6 Å². The number of nitriles is 1. The van der Waals surface area contributed by atoms with Crippen molar-refractivity contribution in [2.24, 2.45) is 11.8 Å². The van der Waals surface area contributed by atoms with E-state index >= 15 is 0 Å². The third-order valence-corrected chi connectivity index (χ3v) is 4.82. The summed E-state index contributed by atoms with van der Waals surface area (Å²) >= 11 is 0. The lowest BCUT2D eigenvalue weighted by molar-refractivity contribution is -0.157. The van der Waals surface area contributed by atoms with Crippen LogP contribution in [0, 0.1) is 23.2 Å². The van der Waals surface area contributed by atoms with E-state index in [-0.39, 0.29) is 30.0 Å². The van der Waals surface area contributed by atoms with Gasteiger partial charge in [0, 0.05) is 5.92 Å². The summed E-state index contributed by atoms with van der Waals surface area (Å²) in [7, 11) is 0. The second-order valence-corrected chi connectivity index (χ2v) is 6.46. The zero-order valence-electron chi connectivity index (χ0n) is 13.3. The molecule has 0 amide bonds. The lowest BCUT2D eigenvalue weighted by Gasteiger charge is -2.30. The maximum Gasteiger partial charge on any atom is 0.309 e. The number of hydrogen-bond acceptors (Lipinski definition) is 4. The highest BCUT2D eigenvalue weighted by Gasteiger charge is 2.30. The Hall–Kier alpha value is -1.34. The Balaban J connectivity index is 1.65. The number of esters is 1. The molecule has 0 aliphatic heterocycles. The Kier molecular flexibility index (Phi) is 6.92. The maximum atomic E-state index is 12.2. The molecule has 0 bridgehead atoms. The summed E-state index contributed by atoms with van der Waals surface area (Å²) in [5, 5.41) is 8.89. The number of nitrogens with zero attached hydrogens (tertiary/aromatic N) is 1. The molecule has 22 heavy (non-hydrogen) atoms. The van der Waals surface area contributed by atoms with Gasteiger partial charge in [0.2, 0.25) is 0 Å². The van der Waals surface area contributed by atoms with Gasteiger partial charge in [0.05, 0.1) is 24.7 Å². The van der Waals surface area contributed by atoms with E-state index in [4.69, 9.17) is 14.7 Å². The van der Waals surface area contributed by atoms with Crippen molar-refractivity contribution in [3.63, 3.8) is 0 Å². The summed E-state index contributed by atoms with van der Waals surface area (Å²) in [5.41, 5.74) is 0. The fraction of sp³-hybridized carbons (Fsp3) is 0.778. The van der Waals surface area contributed by atoms with E-state index < -0.39 is 0 Å². The SMILES string of the molecule is C=CCCOC1CCC(C(=O)OC2CCC(C#N)CC2)CC1. The summed E-state index contributed by atoms with van der Waals surface area (Å²) in [6, 6.07) is 2.31. The third kappa shape index (κ3) is 5.14. The summed E-state index contributed by atoms with van der Waals surface area (Å²) in [5.74, 6) is 0.149. The second-order valence-electron chi connectivity index (χ2n) is 6.46. The molecule has 4 heteroatoms. The van der Waals surface area contributed by atoms with Gasteiger partial charge in [0.15, 0.2) is 0 Å². The summed E-state index contributed by atoms with van der Waals surface area (Å²) in [4.78, 5) is 12.2. The molecule has 0 atom stereocenters. The Labute approximate surface area is 133 Å². The van der Waals surface area contributed by atoms with Gasteiger partial charge in [-0.3, -0.25) is 4.79 Å². The normalized spacial score (nSPS) is 32.0. The van der Waals surface area contributed by atoms with Crippen molar-refractivity contribution >= 4 is 5.97 Å². The molecule has 0 aromatic rings. The van der Waals surface area contributed by atoms with Crippen molar-refractivity contribution in [3.05, 3.63) is 12.7 Å². The molecule has 0 heterocycles. The van der Waals surface area contributed by atoms with Crippen LogP contribution in [0.25, 0.3) is 0 Å². The molecular formula is C18H27NO3. The Morgan fingerprint density at radius 3 is 2.32 bits per heavy atom. The molecule has 2 aliphatic rings. The minimum atomic E-state index is -0.0371. The molecule has 0 spiro atoms. The molecule has 2 rings (SSSR count). The first kappa shape index (κ1) is 17.0. The number of hydrogen-bond donors (Lipinski definition) is 0. The Morgan fingerprint density at radius 2 is 1.73 bits per heavy atom. The molecule has 0 unspecified atom stereocenters. The quantitative estimate of drug-likeness (QED) is 0.426. The van der Waals surface area contributed by atoms with Crippen molar-refractivity contribution in [3.8, 4) is 6.07 Å². The lowest BCUT2D eigenvalue weighted by atomic mass is 9.86. The van der Waals surface area contributed by atoms with Gasteiger partial charge in [-0.1, -0.05) is 6.08 Å². The van der Waals surface area contributed by atoms with Crippen LogP contribution >= 0.6 is 0 Å². The fourth-order valence-corrected chi connectivity index (χ4v) is 3.35. The topological polar surface area (TPSA) is 59.3 Å². The van der Waals surface area contributed by atoms with E-state index in [9.17, 15) is 4.79 Å². The molecule has 2 saturated carbocycles. The summed E-state index contributed by atoms with van der Waals surface area (Å²) < 4.78 is 11.4. The number of rotatable bonds is 6. The molecule has 2 aliphatic carbocycles. The molecule has 0 aromatic carbocycles. The molecule has 122 valence electrons. The molecule has 4 nitrogen and oxygen atoms in total. The van der Waals surface area contributed by atoms with Crippen LogP contribution in [0.2, 0.25) is 0 Å². The van der Waals surface area contributed by atoms with Gasteiger partial charge in [0.25, 0.3) is 0 Å². The largest absolute Gasteiger partial charge is 0.462 e.